The summed E-state index contributed by atoms with van der Waals surface area (Å²) < 4.78 is 5.96. The Kier molecular flexibility index (Phi) is 3.89. The van der Waals surface area contributed by atoms with Gasteiger partial charge in [-0.05, 0) is 38.3 Å². The van der Waals surface area contributed by atoms with Gasteiger partial charge in [0.25, 0.3) is 0 Å². The topological polar surface area (TPSA) is 72.6 Å². The zero-order valence-corrected chi connectivity index (χ0v) is 14.3. The van der Waals surface area contributed by atoms with E-state index < -0.39 is 11.9 Å². The van der Waals surface area contributed by atoms with E-state index in [1.165, 1.54) is 0 Å². The zero-order valence-electron chi connectivity index (χ0n) is 12.7. The Labute approximate surface area is 137 Å². The Morgan fingerprint density at radius 3 is 2.77 bits per heavy atom. The van der Waals surface area contributed by atoms with Crippen molar-refractivity contribution in [2.45, 2.75) is 32.7 Å². The maximum Gasteiger partial charge on any atom is 0.318 e. The van der Waals surface area contributed by atoms with E-state index in [0.29, 0.717) is 23.8 Å². The van der Waals surface area contributed by atoms with E-state index in [4.69, 9.17) is 10.5 Å². The van der Waals surface area contributed by atoms with Crippen LogP contribution >= 0.6 is 15.9 Å². The van der Waals surface area contributed by atoms with Crippen LogP contribution in [0.15, 0.2) is 10.5 Å². The Morgan fingerprint density at radius 1 is 1.50 bits per heavy atom. The molecular formula is C16H19BrN2O3. The molecule has 0 saturated heterocycles. The molecule has 0 radical (unpaired) electrons. The van der Waals surface area contributed by atoms with Gasteiger partial charge in [0.15, 0.2) is 5.78 Å². The molecule has 1 aliphatic carbocycles. The number of Topliss-reactive ketones (excluding diaryl/α,β-unsaturated/α-hetero) is 1. The SMILES string of the molecule is CCOC(=O)C1CN(C2CC2)c2c(C)c(Br)cc(N)c2C1=O. The van der Waals surface area contributed by atoms with Gasteiger partial charge in [0.1, 0.15) is 5.92 Å². The number of ether oxygens (including phenoxy) is 1. The molecule has 0 aromatic heterocycles. The number of rotatable bonds is 3. The molecule has 2 aliphatic rings. The number of nitrogen functional groups attached to an aromatic ring is 1. The monoisotopic (exact) mass is 366 g/mol. The van der Waals surface area contributed by atoms with Crippen molar-refractivity contribution >= 4 is 39.1 Å². The predicted octanol–water partition coefficient (Wildman–Crippen LogP) is 2.68. The lowest BCUT2D eigenvalue weighted by Crippen LogP contribution is -2.45. The first-order chi connectivity index (χ1) is 10.5. The number of esters is 1. The molecular weight excluding hydrogens is 348 g/mol. The first-order valence-corrected chi connectivity index (χ1v) is 8.31. The van der Waals surface area contributed by atoms with Crippen LogP contribution in [0.25, 0.3) is 0 Å². The number of halogens is 1. The van der Waals surface area contributed by atoms with Crippen molar-refractivity contribution in [3.63, 3.8) is 0 Å². The molecule has 1 aliphatic heterocycles. The summed E-state index contributed by atoms with van der Waals surface area (Å²) in [4.78, 5) is 27.1. The van der Waals surface area contributed by atoms with Crippen LogP contribution in [0.4, 0.5) is 11.4 Å². The van der Waals surface area contributed by atoms with Gasteiger partial charge in [0.05, 0.1) is 17.9 Å². The highest BCUT2D eigenvalue weighted by Gasteiger charge is 2.44. The number of hydrogen-bond acceptors (Lipinski definition) is 5. The minimum Gasteiger partial charge on any atom is -0.465 e. The fourth-order valence-electron chi connectivity index (χ4n) is 3.06. The third-order valence-electron chi connectivity index (χ3n) is 4.31. The highest BCUT2D eigenvalue weighted by atomic mass is 79.9. The van der Waals surface area contributed by atoms with Gasteiger partial charge in [0, 0.05) is 22.7 Å². The molecule has 2 N–H and O–H groups in total. The minimum absolute atomic E-state index is 0.224. The van der Waals surface area contributed by atoms with Gasteiger partial charge in [-0.15, -0.1) is 0 Å². The first kappa shape index (κ1) is 15.3. The maximum atomic E-state index is 12.8. The molecule has 22 heavy (non-hydrogen) atoms. The normalized spacial score (nSPS) is 20.8. The average molecular weight is 367 g/mol. The van der Waals surface area contributed by atoms with Gasteiger partial charge < -0.3 is 15.4 Å². The molecule has 0 amide bonds. The van der Waals surface area contributed by atoms with Gasteiger partial charge >= 0.3 is 5.97 Å². The average Bonchev–Trinajstić information content (AvgIpc) is 3.29. The number of benzene rings is 1. The van der Waals surface area contributed by atoms with Gasteiger partial charge in [-0.1, -0.05) is 15.9 Å². The van der Waals surface area contributed by atoms with Crippen molar-refractivity contribution in [2.75, 3.05) is 23.8 Å². The van der Waals surface area contributed by atoms with Crippen LogP contribution in [0.1, 0.15) is 35.7 Å². The van der Waals surface area contributed by atoms with Crippen LogP contribution in [0, 0.1) is 12.8 Å². The number of fused-ring (bicyclic) bond motifs is 1. The second-order valence-corrected chi connectivity index (χ2v) is 6.70. The third-order valence-corrected chi connectivity index (χ3v) is 5.13. The molecule has 1 atom stereocenters. The van der Waals surface area contributed by atoms with Gasteiger partial charge in [-0.25, -0.2) is 0 Å². The Morgan fingerprint density at radius 2 is 2.18 bits per heavy atom. The highest BCUT2D eigenvalue weighted by molar-refractivity contribution is 9.10. The fraction of sp³-hybridized carbons (Fsp3) is 0.500. The quantitative estimate of drug-likeness (QED) is 0.505. The standard InChI is InChI=1S/C16H19BrN2O3/c1-3-22-16(21)10-7-19(9-4-5-9)14-8(2)11(17)6-12(18)13(14)15(10)20/h6,9-10H,3-5,7,18H2,1-2H3. The van der Waals surface area contributed by atoms with E-state index in [0.717, 1.165) is 28.6 Å². The van der Waals surface area contributed by atoms with Gasteiger partial charge in [0.2, 0.25) is 0 Å². The van der Waals surface area contributed by atoms with Crippen molar-refractivity contribution < 1.29 is 14.3 Å². The molecule has 1 aromatic rings. The summed E-state index contributed by atoms with van der Waals surface area (Å²) in [7, 11) is 0. The van der Waals surface area contributed by atoms with Crippen LogP contribution in [0.2, 0.25) is 0 Å². The summed E-state index contributed by atoms with van der Waals surface area (Å²) in [6.45, 7) is 4.36. The molecule has 6 heteroatoms. The lowest BCUT2D eigenvalue weighted by Gasteiger charge is -2.36. The van der Waals surface area contributed by atoms with Crippen molar-refractivity contribution in [2.24, 2.45) is 5.92 Å². The highest BCUT2D eigenvalue weighted by Crippen LogP contribution is 2.44. The summed E-state index contributed by atoms with van der Waals surface area (Å²) in [5.41, 5.74) is 8.84. The van der Waals surface area contributed by atoms with Crippen molar-refractivity contribution in [3.05, 3.63) is 21.7 Å². The van der Waals surface area contributed by atoms with E-state index in [-0.39, 0.29) is 12.4 Å². The molecule has 1 unspecified atom stereocenters. The van der Waals surface area contributed by atoms with E-state index in [2.05, 4.69) is 20.8 Å². The Hall–Kier alpha value is -1.56. The van der Waals surface area contributed by atoms with Crippen LogP contribution in [0.3, 0.4) is 0 Å². The maximum absolute atomic E-state index is 12.8. The van der Waals surface area contributed by atoms with Crippen LogP contribution in [-0.2, 0) is 9.53 Å². The van der Waals surface area contributed by atoms with Crippen molar-refractivity contribution in [1.29, 1.82) is 0 Å². The molecule has 1 fully saturated rings. The second-order valence-electron chi connectivity index (χ2n) is 5.85. The van der Waals surface area contributed by atoms with E-state index in [1.54, 1.807) is 13.0 Å². The summed E-state index contributed by atoms with van der Waals surface area (Å²) in [5, 5.41) is 0. The predicted molar refractivity (Wildman–Crippen MR) is 88.1 cm³/mol. The summed E-state index contributed by atoms with van der Waals surface area (Å²) in [6, 6.07) is 2.13. The zero-order chi connectivity index (χ0) is 16.0. The van der Waals surface area contributed by atoms with Gasteiger partial charge in [-0.2, -0.15) is 0 Å². The second kappa shape index (κ2) is 5.57. The molecule has 1 heterocycles. The van der Waals surface area contributed by atoms with E-state index >= 15 is 0 Å². The third kappa shape index (κ3) is 2.39. The molecule has 5 nitrogen and oxygen atoms in total. The van der Waals surface area contributed by atoms with E-state index in [1.807, 2.05) is 6.92 Å². The van der Waals surface area contributed by atoms with Crippen molar-refractivity contribution in [3.8, 4) is 0 Å². The van der Waals surface area contributed by atoms with Crippen LogP contribution in [-0.4, -0.2) is 30.9 Å². The fourth-order valence-corrected chi connectivity index (χ4v) is 3.49. The van der Waals surface area contributed by atoms with Gasteiger partial charge in [-0.3, -0.25) is 9.59 Å². The number of carbonyl (C=O) groups is 2. The molecule has 3 rings (SSSR count). The number of carbonyl (C=O) groups excluding carboxylic acids is 2. The van der Waals surface area contributed by atoms with Crippen LogP contribution < -0.4 is 10.6 Å². The number of anilines is 2. The summed E-state index contributed by atoms with van der Waals surface area (Å²) in [5.74, 6) is -1.46. The molecule has 0 bridgehead atoms. The van der Waals surface area contributed by atoms with Crippen LogP contribution in [0.5, 0.6) is 0 Å². The molecule has 0 spiro atoms. The molecule has 1 aromatic carbocycles. The number of ketones is 1. The largest absolute Gasteiger partial charge is 0.465 e. The lowest BCUT2D eigenvalue weighted by molar-refractivity contribution is -0.145. The lowest BCUT2D eigenvalue weighted by atomic mass is 9.88. The number of hydrogen-bond donors (Lipinski definition) is 1. The molecule has 118 valence electrons. The first-order valence-electron chi connectivity index (χ1n) is 7.51. The summed E-state index contributed by atoms with van der Waals surface area (Å²) in [6.07, 6.45) is 2.16. The Bertz CT molecular complexity index is 655. The number of nitrogens with two attached hydrogens (primary N) is 1. The molecule has 1 saturated carbocycles. The number of nitrogens with zero attached hydrogens (tertiary/aromatic N) is 1. The Balaban J connectivity index is 2.12. The summed E-state index contributed by atoms with van der Waals surface area (Å²) >= 11 is 3.50. The smallest absolute Gasteiger partial charge is 0.318 e. The minimum atomic E-state index is -0.782. The van der Waals surface area contributed by atoms with Crippen molar-refractivity contribution in [1.82, 2.24) is 0 Å². The van der Waals surface area contributed by atoms with E-state index in [9.17, 15) is 9.59 Å².